The molecule has 2 aromatic carbocycles. The molecule has 0 aliphatic heterocycles. The van der Waals surface area contributed by atoms with Crippen LogP contribution in [0.3, 0.4) is 0 Å². The van der Waals surface area contributed by atoms with E-state index in [2.05, 4.69) is 5.10 Å². The fraction of sp³-hybridized carbons (Fsp3) is 0.150. The van der Waals surface area contributed by atoms with Gasteiger partial charge in [0, 0.05) is 16.1 Å². The minimum absolute atomic E-state index is 0.224. The quantitative estimate of drug-likeness (QED) is 0.657. The Morgan fingerprint density at radius 2 is 1.73 bits per heavy atom. The van der Waals surface area contributed by atoms with Gasteiger partial charge in [-0.2, -0.15) is 17.6 Å². The lowest BCUT2D eigenvalue weighted by Gasteiger charge is -2.11. The van der Waals surface area contributed by atoms with Crippen molar-refractivity contribution in [2.75, 3.05) is 0 Å². The summed E-state index contributed by atoms with van der Waals surface area (Å²) in [6.07, 6.45) is 5.58. The van der Waals surface area contributed by atoms with Gasteiger partial charge < -0.3 is 0 Å². The fourth-order valence-corrected chi connectivity index (χ4v) is 4.55. The third-order valence-corrected chi connectivity index (χ3v) is 6.30. The SMILES string of the molecule is Cc1ccc(S(=O)(=O)n2nc3c(c2-c2ccc(Cl)cc2)C=CCC3)cc1. The summed E-state index contributed by atoms with van der Waals surface area (Å²) in [5.41, 5.74) is 4.01. The molecule has 0 N–H and O–H groups in total. The zero-order valence-electron chi connectivity index (χ0n) is 14.2. The summed E-state index contributed by atoms with van der Waals surface area (Å²) in [6.45, 7) is 1.92. The van der Waals surface area contributed by atoms with Crippen molar-refractivity contribution < 1.29 is 8.42 Å². The molecule has 0 radical (unpaired) electrons. The molecule has 0 spiro atoms. The van der Waals surface area contributed by atoms with Crippen molar-refractivity contribution in [3.05, 3.63) is 76.5 Å². The van der Waals surface area contributed by atoms with Crippen LogP contribution in [0.4, 0.5) is 0 Å². The maximum atomic E-state index is 13.3. The highest BCUT2D eigenvalue weighted by Crippen LogP contribution is 2.33. The first-order valence-corrected chi connectivity index (χ1v) is 10.2. The number of aryl methyl sites for hydroxylation is 2. The van der Waals surface area contributed by atoms with E-state index in [4.69, 9.17) is 11.6 Å². The van der Waals surface area contributed by atoms with Crippen molar-refractivity contribution in [2.24, 2.45) is 0 Å². The van der Waals surface area contributed by atoms with Gasteiger partial charge in [0.15, 0.2) is 0 Å². The minimum Gasteiger partial charge on any atom is -0.199 e. The molecule has 1 aliphatic rings. The minimum atomic E-state index is -3.80. The monoisotopic (exact) mass is 384 g/mol. The number of allylic oxidation sites excluding steroid dienone is 1. The predicted molar refractivity (Wildman–Crippen MR) is 104 cm³/mol. The zero-order valence-corrected chi connectivity index (χ0v) is 15.8. The van der Waals surface area contributed by atoms with E-state index < -0.39 is 10.0 Å². The fourth-order valence-electron chi connectivity index (χ4n) is 3.09. The number of hydrogen-bond acceptors (Lipinski definition) is 3. The molecule has 26 heavy (non-hydrogen) atoms. The number of rotatable bonds is 3. The first-order chi connectivity index (χ1) is 12.5. The molecule has 3 aromatic rings. The number of nitrogens with zero attached hydrogens (tertiary/aromatic N) is 2. The second-order valence-corrected chi connectivity index (χ2v) is 8.52. The van der Waals surface area contributed by atoms with Crippen LogP contribution in [0.2, 0.25) is 5.02 Å². The van der Waals surface area contributed by atoms with Gasteiger partial charge in [0.05, 0.1) is 16.3 Å². The van der Waals surface area contributed by atoms with Gasteiger partial charge in [-0.05, 0) is 44.0 Å². The highest BCUT2D eigenvalue weighted by molar-refractivity contribution is 7.90. The summed E-state index contributed by atoms with van der Waals surface area (Å²) in [7, 11) is -3.80. The summed E-state index contributed by atoms with van der Waals surface area (Å²) in [5, 5.41) is 5.07. The molecule has 4 nitrogen and oxygen atoms in total. The molecule has 6 heteroatoms. The van der Waals surface area contributed by atoms with Crippen LogP contribution in [0, 0.1) is 6.92 Å². The molecule has 0 atom stereocenters. The van der Waals surface area contributed by atoms with Crippen molar-refractivity contribution >= 4 is 27.7 Å². The highest BCUT2D eigenvalue weighted by atomic mass is 35.5. The van der Waals surface area contributed by atoms with Gasteiger partial charge in [-0.3, -0.25) is 0 Å². The lowest BCUT2D eigenvalue weighted by molar-refractivity contribution is 0.580. The van der Waals surface area contributed by atoms with Gasteiger partial charge >= 0.3 is 0 Å². The molecule has 1 aliphatic carbocycles. The smallest absolute Gasteiger partial charge is 0.199 e. The lowest BCUT2D eigenvalue weighted by Crippen LogP contribution is -2.16. The van der Waals surface area contributed by atoms with E-state index in [1.54, 1.807) is 36.4 Å². The van der Waals surface area contributed by atoms with Crippen molar-refractivity contribution in [1.82, 2.24) is 9.19 Å². The van der Waals surface area contributed by atoms with E-state index in [1.165, 1.54) is 4.09 Å². The van der Waals surface area contributed by atoms with Gasteiger partial charge in [0.1, 0.15) is 0 Å². The van der Waals surface area contributed by atoms with Crippen LogP contribution >= 0.6 is 11.6 Å². The molecular formula is C20H17ClN2O2S. The number of aromatic nitrogens is 2. The second kappa shape index (κ2) is 6.41. The Labute approximate surface area is 157 Å². The molecule has 1 aromatic heterocycles. The number of halogens is 1. The first-order valence-electron chi connectivity index (χ1n) is 8.33. The van der Waals surface area contributed by atoms with Crippen LogP contribution in [0.25, 0.3) is 17.3 Å². The predicted octanol–water partition coefficient (Wildman–Crippen LogP) is 4.71. The van der Waals surface area contributed by atoms with Crippen molar-refractivity contribution in [2.45, 2.75) is 24.7 Å². The molecule has 4 rings (SSSR count). The summed E-state index contributed by atoms with van der Waals surface area (Å²) < 4.78 is 27.7. The Morgan fingerprint density at radius 1 is 1.04 bits per heavy atom. The average molecular weight is 385 g/mol. The highest BCUT2D eigenvalue weighted by Gasteiger charge is 2.27. The Morgan fingerprint density at radius 3 is 2.42 bits per heavy atom. The maximum absolute atomic E-state index is 13.3. The Bertz CT molecular complexity index is 1100. The Hall–Kier alpha value is -2.37. The standard InChI is InChI=1S/C20H17ClN2O2S/c1-14-6-12-17(13-7-14)26(24,25)23-20(15-8-10-16(21)11-9-15)18-4-2-3-5-19(18)22-23/h2,4,6-13H,3,5H2,1H3. The van der Waals surface area contributed by atoms with E-state index in [1.807, 2.05) is 31.2 Å². The van der Waals surface area contributed by atoms with Gasteiger partial charge in [-0.25, -0.2) is 0 Å². The molecular weight excluding hydrogens is 368 g/mol. The summed E-state index contributed by atoms with van der Waals surface area (Å²) in [5.74, 6) is 0. The van der Waals surface area contributed by atoms with E-state index in [0.29, 0.717) is 10.7 Å². The van der Waals surface area contributed by atoms with Crippen LogP contribution < -0.4 is 0 Å². The van der Waals surface area contributed by atoms with Gasteiger partial charge in [0.2, 0.25) is 0 Å². The van der Waals surface area contributed by atoms with Crippen LogP contribution in [0.15, 0.2) is 59.5 Å². The van der Waals surface area contributed by atoms with Crippen LogP contribution in [-0.2, 0) is 16.4 Å². The lowest BCUT2D eigenvalue weighted by atomic mass is 9.99. The van der Waals surface area contributed by atoms with Crippen LogP contribution in [0.5, 0.6) is 0 Å². The Balaban J connectivity index is 1.97. The third-order valence-electron chi connectivity index (χ3n) is 4.47. The zero-order chi connectivity index (χ0) is 18.3. The number of fused-ring (bicyclic) bond motifs is 1. The first kappa shape index (κ1) is 17.1. The normalized spacial score (nSPS) is 13.6. The molecule has 132 valence electrons. The van der Waals surface area contributed by atoms with Crippen molar-refractivity contribution in [1.29, 1.82) is 0 Å². The van der Waals surface area contributed by atoms with E-state index in [-0.39, 0.29) is 4.90 Å². The molecule has 0 amide bonds. The molecule has 1 heterocycles. The van der Waals surface area contributed by atoms with Crippen LogP contribution in [0.1, 0.15) is 23.2 Å². The molecule has 0 saturated heterocycles. The topological polar surface area (TPSA) is 52.0 Å². The summed E-state index contributed by atoms with van der Waals surface area (Å²) >= 11 is 6.00. The van der Waals surface area contributed by atoms with Gasteiger partial charge in [-0.1, -0.05) is 53.6 Å². The number of benzene rings is 2. The van der Waals surface area contributed by atoms with E-state index in [0.717, 1.165) is 35.2 Å². The summed E-state index contributed by atoms with van der Waals surface area (Å²) in [4.78, 5) is 0.224. The molecule has 0 bridgehead atoms. The van der Waals surface area contributed by atoms with E-state index >= 15 is 0 Å². The molecule has 0 unspecified atom stereocenters. The summed E-state index contributed by atoms with van der Waals surface area (Å²) in [6, 6.07) is 14.0. The van der Waals surface area contributed by atoms with E-state index in [9.17, 15) is 8.42 Å². The number of hydrogen-bond donors (Lipinski definition) is 0. The third kappa shape index (κ3) is 2.87. The van der Waals surface area contributed by atoms with Crippen molar-refractivity contribution in [3.8, 4) is 11.3 Å². The van der Waals surface area contributed by atoms with Crippen molar-refractivity contribution in [3.63, 3.8) is 0 Å². The van der Waals surface area contributed by atoms with Gasteiger partial charge in [-0.15, -0.1) is 0 Å². The van der Waals surface area contributed by atoms with Gasteiger partial charge in [0.25, 0.3) is 10.0 Å². The Kier molecular flexibility index (Phi) is 4.21. The van der Waals surface area contributed by atoms with Crippen LogP contribution in [-0.4, -0.2) is 17.6 Å². The second-order valence-electron chi connectivity index (χ2n) is 6.32. The molecule has 0 saturated carbocycles. The average Bonchev–Trinajstić information content (AvgIpc) is 3.03. The largest absolute Gasteiger partial charge is 0.283 e. The maximum Gasteiger partial charge on any atom is 0.283 e. The molecule has 0 fully saturated rings.